The lowest BCUT2D eigenvalue weighted by Gasteiger charge is -1.96. The lowest BCUT2D eigenvalue weighted by atomic mass is 10.2. The average molecular weight is 267 g/mol. The highest BCUT2D eigenvalue weighted by atomic mass is 79.9. The minimum Gasteiger partial charge on any atom is -0.358 e. The summed E-state index contributed by atoms with van der Waals surface area (Å²) in [6.07, 6.45) is 2.28. The van der Waals surface area contributed by atoms with Crippen LogP contribution in [0.1, 0.15) is 12.1 Å². The van der Waals surface area contributed by atoms with Gasteiger partial charge in [0, 0.05) is 21.1 Å². The zero-order valence-corrected chi connectivity index (χ0v) is 10.4. The van der Waals surface area contributed by atoms with Crippen molar-refractivity contribution in [2.45, 2.75) is 12.8 Å². The maximum atomic E-state index is 3.48. The molecule has 0 radical (unpaired) electrons. The molecule has 0 bridgehead atoms. The number of aryl methyl sites for hydroxylation is 1. The van der Waals surface area contributed by atoms with Crippen molar-refractivity contribution in [3.63, 3.8) is 0 Å². The molecule has 0 spiro atoms. The van der Waals surface area contributed by atoms with Gasteiger partial charge in [-0.25, -0.2) is 0 Å². The monoisotopic (exact) mass is 266 g/mol. The van der Waals surface area contributed by atoms with Gasteiger partial charge in [0.25, 0.3) is 0 Å². The number of hydrogen-bond acceptors (Lipinski definition) is 1. The molecule has 1 aromatic carbocycles. The average Bonchev–Trinajstić information content (AvgIpc) is 2.60. The molecule has 0 aliphatic rings. The van der Waals surface area contributed by atoms with Gasteiger partial charge in [-0.2, -0.15) is 0 Å². The van der Waals surface area contributed by atoms with Crippen LogP contribution in [-0.4, -0.2) is 18.6 Å². The van der Waals surface area contributed by atoms with Gasteiger partial charge in [0.05, 0.1) is 0 Å². The lowest BCUT2D eigenvalue weighted by Crippen LogP contribution is -2.08. The molecule has 0 aliphatic heterocycles. The predicted octanol–water partition coefficient (Wildman–Crippen LogP) is 3.08. The Kier molecular flexibility index (Phi) is 3.44. The van der Waals surface area contributed by atoms with E-state index in [-0.39, 0.29) is 0 Å². The molecule has 15 heavy (non-hydrogen) atoms. The van der Waals surface area contributed by atoms with E-state index in [2.05, 4.69) is 50.5 Å². The highest BCUT2D eigenvalue weighted by Crippen LogP contribution is 2.20. The SMILES string of the molecule is CNCCCc1cc2cc(Br)ccc2[nH]1. The second kappa shape index (κ2) is 4.81. The fourth-order valence-corrected chi connectivity index (χ4v) is 2.13. The van der Waals surface area contributed by atoms with Crippen LogP contribution in [0.3, 0.4) is 0 Å². The molecule has 3 heteroatoms. The Bertz CT molecular complexity index is 448. The number of fused-ring (bicyclic) bond motifs is 1. The van der Waals surface area contributed by atoms with Crippen molar-refractivity contribution in [2.75, 3.05) is 13.6 Å². The van der Waals surface area contributed by atoms with E-state index in [1.165, 1.54) is 23.0 Å². The number of benzene rings is 1. The number of H-pyrrole nitrogens is 1. The van der Waals surface area contributed by atoms with Crippen molar-refractivity contribution in [3.05, 3.63) is 34.4 Å². The van der Waals surface area contributed by atoms with Gasteiger partial charge >= 0.3 is 0 Å². The molecular formula is C12H15BrN2. The molecule has 2 aromatic rings. The summed E-state index contributed by atoms with van der Waals surface area (Å²) in [6.45, 7) is 1.07. The van der Waals surface area contributed by atoms with Gasteiger partial charge in [0.15, 0.2) is 0 Å². The quantitative estimate of drug-likeness (QED) is 0.818. The second-order valence-electron chi connectivity index (χ2n) is 3.73. The van der Waals surface area contributed by atoms with Gasteiger partial charge in [0.2, 0.25) is 0 Å². The molecule has 80 valence electrons. The predicted molar refractivity (Wildman–Crippen MR) is 68.2 cm³/mol. The first kappa shape index (κ1) is 10.7. The van der Waals surface area contributed by atoms with Crippen LogP contribution < -0.4 is 5.32 Å². The molecule has 0 saturated heterocycles. The van der Waals surface area contributed by atoms with Crippen LogP contribution in [0, 0.1) is 0 Å². The largest absolute Gasteiger partial charge is 0.358 e. The lowest BCUT2D eigenvalue weighted by molar-refractivity contribution is 0.718. The summed E-state index contributed by atoms with van der Waals surface area (Å²) in [7, 11) is 1.99. The Morgan fingerprint density at radius 2 is 2.20 bits per heavy atom. The first-order valence-electron chi connectivity index (χ1n) is 5.21. The minimum atomic E-state index is 1.07. The van der Waals surface area contributed by atoms with Gasteiger partial charge in [-0.05, 0) is 50.7 Å². The third-order valence-electron chi connectivity index (χ3n) is 2.51. The molecule has 0 fully saturated rings. The van der Waals surface area contributed by atoms with Gasteiger partial charge in [-0.1, -0.05) is 15.9 Å². The highest BCUT2D eigenvalue weighted by Gasteiger charge is 2.00. The fourth-order valence-electron chi connectivity index (χ4n) is 1.75. The number of aromatic amines is 1. The first-order chi connectivity index (χ1) is 7.29. The molecule has 2 N–H and O–H groups in total. The van der Waals surface area contributed by atoms with E-state index in [1.54, 1.807) is 0 Å². The zero-order valence-electron chi connectivity index (χ0n) is 8.81. The van der Waals surface area contributed by atoms with Crippen molar-refractivity contribution < 1.29 is 0 Å². The van der Waals surface area contributed by atoms with Crippen LogP contribution >= 0.6 is 15.9 Å². The Labute approximate surface area is 98.2 Å². The van der Waals surface area contributed by atoms with E-state index in [1.807, 2.05) is 7.05 Å². The van der Waals surface area contributed by atoms with E-state index in [0.29, 0.717) is 0 Å². The molecule has 2 nitrogen and oxygen atoms in total. The Balaban J connectivity index is 2.16. The number of nitrogens with one attached hydrogen (secondary N) is 2. The second-order valence-corrected chi connectivity index (χ2v) is 4.65. The van der Waals surface area contributed by atoms with E-state index in [4.69, 9.17) is 0 Å². The summed E-state index contributed by atoms with van der Waals surface area (Å²) >= 11 is 3.48. The molecule has 1 aromatic heterocycles. The maximum Gasteiger partial charge on any atom is 0.0456 e. The summed E-state index contributed by atoms with van der Waals surface area (Å²) < 4.78 is 1.13. The summed E-state index contributed by atoms with van der Waals surface area (Å²) in [5, 5.41) is 4.44. The maximum absolute atomic E-state index is 3.48. The molecule has 0 aliphatic carbocycles. The highest BCUT2D eigenvalue weighted by molar-refractivity contribution is 9.10. The third kappa shape index (κ3) is 2.61. The van der Waals surface area contributed by atoms with Crippen LogP contribution in [0.5, 0.6) is 0 Å². The fraction of sp³-hybridized carbons (Fsp3) is 0.333. The van der Waals surface area contributed by atoms with Gasteiger partial charge < -0.3 is 10.3 Å². The van der Waals surface area contributed by atoms with E-state index in [0.717, 1.165) is 17.4 Å². The number of aromatic nitrogens is 1. The number of hydrogen-bond donors (Lipinski definition) is 2. The van der Waals surface area contributed by atoms with E-state index >= 15 is 0 Å². The molecule has 1 heterocycles. The van der Waals surface area contributed by atoms with Crippen molar-refractivity contribution in [2.24, 2.45) is 0 Å². The van der Waals surface area contributed by atoms with Crippen LogP contribution in [-0.2, 0) is 6.42 Å². The van der Waals surface area contributed by atoms with Crippen LogP contribution in [0.2, 0.25) is 0 Å². The van der Waals surface area contributed by atoms with Gasteiger partial charge in [0.1, 0.15) is 0 Å². The van der Waals surface area contributed by atoms with Crippen LogP contribution in [0.15, 0.2) is 28.7 Å². The molecule has 0 atom stereocenters. The zero-order chi connectivity index (χ0) is 10.7. The smallest absolute Gasteiger partial charge is 0.0456 e. The van der Waals surface area contributed by atoms with Crippen LogP contribution in [0.4, 0.5) is 0 Å². The topological polar surface area (TPSA) is 27.8 Å². The molecule has 0 unspecified atom stereocenters. The van der Waals surface area contributed by atoms with Crippen LogP contribution in [0.25, 0.3) is 10.9 Å². The van der Waals surface area contributed by atoms with Gasteiger partial charge in [-0.3, -0.25) is 0 Å². The van der Waals surface area contributed by atoms with Gasteiger partial charge in [-0.15, -0.1) is 0 Å². The summed E-state index contributed by atoms with van der Waals surface area (Å²) in [5.74, 6) is 0. The number of halogens is 1. The van der Waals surface area contributed by atoms with E-state index in [9.17, 15) is 0 Å². The standard InChI is InChI=1S/C12H15BrN2/c1-14-6-2-3-11-8-9-7-10(13)4-5-12(9)15-11/h4-5,7-8,14-15H,2-3,6H2,1H3. The van der Waals surface area contributed by atoms with Crippen molar-refractivity contribution in [1.82, 2.24) is 10.3 Å². The summed E-state index contributed by atoms with van der Waals surface area (Å²) in [4.78, 5) is 3.43. The normalized spacial score (nSPS) is 11.1. The molecule has 0 amide bonds. The molecule has 0 saturated carbocycles. The summed E-state index contributed by atoms with van der Waals surface area (Å²) in [6, 6.07) is 8.56. The van der Waals surface area contributed by atoms with Crippen molar-refractivity contribution in [3.8, 4) is 0 Å². The number of rotatable bonds is 4. The summed E-state index contributed by atoms with van der Waals surface area (Å²) in [5.41, 5.74) is 2.54. The molecule has 2 rings (SSSR count). The first-order valence-corrected chi connectivity index (χ1v) is 6.00. The Hall–Kier alpha value is -0.800. The third-order valence-corrected chi connectivity index (χ3v) is 3.00. The van der Waals surface area contributed by atoms with Crippen molar-refractivity contribution in [1.29, 1.82) is 0 Å². The van der Waals surface area contributed by atoms with Crippen molar-refractivity contribution >= 4 is 26.8 Å². The molecular weight excluding hydrogens is 252 g/mol. The minimum absolute atomic E-state index is 1.07. The van der Waals surface area contributed by atoms with E-state index < -0.39 is 0 Å². The Morgan fingerprint density at radius 3 is 3.00 bits per heavy atom. The Morgan fingerprint density at radius 1 is 1.33 bits per heavy atom.